The SMILES string of the molecule is N#Cc1cc2c(cn1)[nH]c(=O)c1sc3ccccc3c12. The van der Waals surface area contributed by atoms with E-state index in [2.05, 4.69) is 9.97 Å². The van der Waals surface area contributed by atoms with Crippen molar-refractivity contribution in [3.63, 3.8) is 0 Å². The highest BCUT2D eigenvalue weighted by Crippen LogP contribution is 2.35. The Balaban J connectivity index is 2.38. The standard InChI is InChI=1S/C15H7N3OS/c16-6-8-5-10-11(7-17-8)18-15(19)14-13(10)9-3-1-2-4-12(9)20-14/h1-5,7H,(H,18,19). The van der Waals surface area contributed by atoms with E-state index in [1.165, 1.54) is 11.3 Å². The number of thiophene rings is 1. The third-order valence-corrected chi connectivity index (χ3v) is 4.51. The van der Waals surface area contributed by atoms with Crippen molar-refractivity contribution in [1.29, 1.82) is 5.26 Å². The predicted octanol–water partition coefficient (Wildman–Crippen LogP) is 3.16. The number of hydrogen-bond donors (Lipinski definition) is 1. The Morgan fingerprint density at radius 3 is 2.95 bits per heavy atom. The Morgan fingerprint density at radius 2 is 2.10 bits per heavy atom. The van der Waals surface area contributed by atoms with Crippen molar-refractivity contribution in [2.75, 3.05) is 0 Å². The summed E-state index contributed by atoms with van der Waals surface area (Å²) in [5.41, 5.74) is 0.895. The number of nitrogens with zero attached hydrogens (tertiary/aromatic N) is 2. The molecule has 0 bridgehead atoms. The quantitative estimate of drug-likeness (QED) is 0.536. The van der Waals surface area contributed by atoms with Crippen molar-refractivity contribution in [2.45, 2.75) is 0 Å². The second kappa shape index (κ2) is 3.89. The van der Waals surface area contributed by atoms with Crippen LogP contribution < -0.4 is 5.56 Å². The van der Waals surface area contributed by atoms with Gasteiger partial charge in [-0.05, 0) is 12.1 Å². The first-order valence-electron chi connectivity index (χ1n) is 6.01. The first kappa shape index (κ1) is 11.1. The minimum atomic E-state index is -0.111. The molecule has 3 aromatic heterocycles. The van der Waals surface area contributed by atoms with Crippen LogP contribution in [0.2, 0.25) is 0 Å². The van der Waals surface area contributed by atoms with Gasteiger partial charge in [0.15, 0.2) is 0 Å². The Labute approximate surface area is 116 Å². The van der Waals surface area contributed by atoms with Gasteiger partial charge in [-0.2, -0.15) is 5.26 Å². The lowest BCUT2D eigenvalue weighted by Crippen LogP contribution is -2.04. The fourth-order valence-electron chi connectivity index (χ4n) is 2.47. The number of rotatable bonds is 0. The lowest BCUT2D eigenvalue weighted by Gasteiger charge is -2.00. The van der Waals surface area contributed by atoms with Crippen LogP contribution in [0.15, 0.2) is 41.3 Å². The average molecular weight is 277 g/mol. The number of benzene rings is 1. The van der Waals surface area contributed by atoms with Crippen LogP contribution in [0.25, 0.3) is 31.1 Å². The molecule has 4 nitrogen and oxygen atoms in total. The summed E-state index contributed by atoms with van der Waals surface area (Å²) in [5.74, 6) is 0. The van der Waals surface area contributed by atoms with Crippen molar-refractivity contribution in [3.05, 3.63) is 52.6 Å². The van der Waals surface area contributed by atoms with Gasteiger partial charge in [-0.3, -0.25) is 4.79 Å². The van der Waals surface area contributed by atoms with Crippen LogP contribution in [-0.2, 0) is 0 Å². The van der Waals surface area contributed by atoms with E-state index in [1.54, 1.807) is 12.3 Å². The van der Waals surface area contributed by atoms with Crippen LogP contribution in [0.1, 0.15) is 5.69 Å². The van der Waals surface area contributed by atoms with Crippen molar-refractivity contribution in [1.82, 2.24) is 9.97 Å². The van der Waals surface area contributed by atoms with Gasteiger partial charge in [0.1, 0.15) is 16.5 Å². The van der Waals surface area contributed by atoms with Crippen LogP contribution in [0.4, 0.5) is 0 Å². The molecule has 0 atom stereocenters. The van der Waals surface area contributed by atoms with E-state index in [1.807, 2.05) is 30.3 Å². The van der Waals surface area contributed by atoms with Crippen LogP contribution >= 0.6 is 11.3 Å². The van der Waals surface area contributed by atoms with Gasteiger partial charge in [-0.25, -0.2) is 4.98 Å². The lowest BCUT2D eigenvalue weighted by molar-refractivity contribution is 1.25. The van der Waals surface area contributed by atoms with Gasteiger partial charge in [0, 0.05) is 20.9 Å². The average Bonchev–Trinajstić information content (AvgIpc) is 2.87. The molecule has 5 heteroatoms. The van der Waals surface area contributed by atoms with Gasteiger partial charge in [-0.1, -0.05) is 18.2 Å². The van der Waals surface area contributed by atoms with E-state index in [0.717, 1.165) is 20.9 Å². The molecule has 0 amide bonds. The fraction of sp³-hybridized carbons (Fsp3) is 0. The molecule has 4 rings (SSSR count). The van der Waals surface area contributed by atoms with Crippen molar-refractivity contribution in [2.24, 2.45) is 0 Å². The molecule has 1 N–H and O–H groups in total. The highest BCUT2D eigenvalue weighted by Gasteiger charge is 2.12. The maximum absolute atomic E-state index is 12.2. The second-order valence-corrected chi connectivity index (χ2v) is 5.54. The number of pyridine rings is 2. The van der Waals surface area contributed by atoms with Gasteiger partial charge >= 0.3 is 0 Å². The number of hydrogen-bond acceptors (Lipinski definition) is 4. The molecule has 0 radical (unpaired) electrons. The maximum Gasteiger partial charge on any atom is 0.266 e. The van der Waals surface area contributed by atoms with E-state index >= 15 is 0 Å². The topological polar surface area (TPSA) is 69.5 Å². The van der Waals surface area contributed by atoms with Gasteiger partial charge in [0.2, 0.25) is 0 Å². The monoisotopic (exact) mass is 277 g/mol. The zero-order valence-corrected chi connectivity index (χ0v) is 11.0. The highest BCUT2D eigenvalue weighted by molar-refractivity contribution is 7.25. The van der Waals surface area contributed by atoms with Crippen LogP contribution in [0.3, 0.4) is 0 Å². The molecule has 0 spiro atoms. The lowest BCUT2D eigenvalue weighted by atomic mass is 10.1. The molecule has 0 fully saturated rings. The Morgan fingerprint density at radius 1 is 1.25 bits per heavy atom. The van der Waals surface area contributed by atoms with Crippen LogP contribution in [-0.4, -0.2) is 9.97 Å². The Hall–Kier alpha value is -2.71. The number of fused-ring (bicyclic) bond motifs is 5. The van der Waals surface area contributed by atoms with Gasteiger partial charge in [-0.15, -0.1) is 11.3 Å². The van der Waals surface area contributed by atoms with Gasteiger partial charge in [0.05, 0.1) is 11.7 Å². The summed E-state index contributed by atoms with van der Waals surface area (Å²) in [7, 11) is 0. The molecule has 1 aromatic carbocycles. The second-order valence-electron chi connectivity index (χ2n) is 4.48. The smallest absolute Gasteiger partial charge is 0.266 e. The molecule has 0 unspecified atom stereocenters. The summed E-state index contributed by atoms with van der Waals surface area (Å²) in [4.78, 5) is 19.0. The largest absolute Gasteiger partial charge is 0.319 e. The molecule has 0 aliphatic heterocycles. The van der Waals surface area contributed by atoms with Crippen LogP contribution in [0, 0.1) is 11.3 Å². The zero-order chi connectivity index (χ0) is 13.7. The molecule has 20 heavy (non-hydrogen) atoms. The number of nitriles is 1. The van der Waals surface area contributed by atoms with Crippen molar-refractivity contribution < 1.29 is 0 Å². The normalized spacial score (nSPS) is 11.2. The zero-order valence-electron chi connectivity index (χ0n) is 10.2. The van der Waals surface area contributed by atoms with E-state index in [4.69, 9.17) is 5.26 Å². The third kappa shape index (κ3) is 1.40. The number of aromatic amines is 1. The molecular weight excluding hydrogens is 270 g/mol. The van der Waals surface area contributed by atoms with Crippen molar-refractivity contribution in [3.8, 4) is 6.07 Å². The molecule has 0 aliphatic carbocycles. The molecule has 0 saturated carbocycles. The van der Waals surface area contributed by atoms with Crippen LogP contribution in [0.5, 0.6) is 0 Å². The molecular formula is C15H7N3OS. The minimum absolute atomic E-state index is 0.111. The number of aromatic nitrogens is 2. The number of H-pyrrole nitrogens is 1. The van der Waals surface area contributed by atoms with E-state index in [0.29, 0.717) is 15.9 Å². The third-order valence-electron chi connectivity index (χ3n) is 3.34. The predicted molar refractivity (Wildman–Crippen MR) is 80.0 cm³/mol. The van der Waals surface area contributed by atoms with Gasteiger partial charge in [0.25, 0.3) is 5.56 Å². The summed E-state index contributed by atoms with van der Waals surface area (Å²) in [5, 5.41) is 11.8. The Kier molecular flexibility index (Phi) is 2.17. The maximum atomic E-state index is 12.2. The fourth-order valence-corrected chi connectivity index (χ4v) is 3.59. The Bertz CT molecular complexity index is 1090. The van der Waals surface area contributed by atoms with Crippen molar-refractivity contribution >= 4 is 42.4 Å². The minimum Gasteiger partial charge on any atom is -0.319 e. The molecule has 0 aliphatic rings. The molecule has 3 heterocycles. The summed E-state index contributed by atoms with van der Waals surface area (Å²) >= 11 is 1.47. The number of nitrogens with one attached hydrogen (secondary N) is 1. The molecule has 0 saturated heterocycles. The summed E-state index contributed by atoms with van der Waals surface area (Å²) in [6.07, 6.45) is 1.54. The van der Waals surface area contributed by atoms with E-state index < -0.39 is 0 Å². The van der Waals surface area contributed by atoms with Gasteiger partial charge < -0.3 is 4.98 Å². The highest BCUT2D eigenvalue weighted by atomic mass is 32.1. The van der Waals surface area contributed by atoms with E-state index in [-0.39, 0.29) is 5.56 Å². The first-order valence-corrected chi connectivity index (χ1v) is 6.83. The summed E-state index contributed by atoms with van der Waals surface area (Å²) < 4.78 is 1.75. The summed E-state index contributed by atoms with van der Waals surface area (Å²) in [6, 6.07) is 11.7. The van der Waals surface area contributed by atoms with E-state index in [9.17, 15) is 4.79 Å². The molecule has 4 aromatic rings. The molecule has 94 valence electrons. The summed E-state index contributed by atoms with van der Waals surface area (Å²) in [6.45, 7) is 0. The first-order chi connectivity index (χ1) is 9.78.